The lowest BCUT2D eigenvalue weighted by molar-refractivity contribution is -0.137. The Kier molecular flexibility index (Phi) is 4.11. The summed E-state index contributed by atoms with van der Waals surface area (Å²) in [5, 5.41) is 0. The van der Waals surface area contributed by atoms with Gasteiger partial charge in [-0.05, 0) is 35.7 Å². The molecule has 0 aliphatic heterocycles. The van der Waals surface area contributed by atoms with Gasteiger partial charge in [0.1, 0.15) is 0 Å². The first kappa shape index (κ1) is 14.6. The van der Waals surface area contributed by atoms with Gasteiger partial charge in [0.25, 0.3) is 0 Å². The summed E-state index contributed by atoms with van der Waals surface area (Å²) in [6.07, 6.45) is -4.33. The molecule has 0 heterocycles. The van der Waals surface area contributed by atoms with Crippen molar-refractivity contribution in [3.05, 3.63) is 70.8 Å². The van der Waals surface area contributed by atoms with Crippen LogP contribution in [0.2, 0.25) is 0 Å². The molecule has 106 valence electrons. The summed E-state index contributed by atoms with van der Waals surface area (Å²) >= 11 is 0. The third kappa shape index (κ3) is 3.00. The maximum atomic E-state index is 12.5. The number of alkyl halides is 3. The van der Waals surface area contributed by atoms with Gasteiger partial charge in [-0.2, -0.15) is 13.2 Å². The molecule has 2 aromatic rings. The van der Waals surface area contributed by atoms with Crippen LogP contribution in [0.1, 0.15) is 28.3 Å². The van der Waals surface area contributed by atoms with E-state index in [4.69, 9.17) is 5.84 Å². The van der Waals surface area contributed by atoms with Crippen LogP contribution >= 0.6 is 0 Å². The smallest absolute Gasteiger partial charge is 0.271 e. The van der Waals surface area contributed by atoms with Crippen molar-refractivity contribution in [2.24, 2.45) is 5.84 Å². The Morgan fingerprint density at radius 3 is 2.10 bits per heavy atom. The van der Waals surface area contributed by atoms with Crippen LogP contribution in [-0.2, 0) is 6.18 Å². The van der Waals surface area contributed by atoms with E-state index >= 15 is 0 Å². The van der Waals surface area contributed by atoms with Crippen LogP contribution < -0.4 is 11.3 Å². The molecule has 0 fully saturated rings. The number of hydrazine groups is 1. The monoisotopic (exact) mass is 280 g/mol. The number of nitrogens with one attached hydrogen (secondary N) is 1. The van der Waals surface area contributed by atoms with E-state index < -0.39 is 11.7 Å². The van der Waals surface area contributed by atoms with Crippen LogP contribution in [0, 0.1) is 6.92 Å². The molecule has 1 unspecified atom stereocenters. The van der Waals surface area contributed by atoms with Gasteiger partial charge in [0.2, 0.25) is 0 Å². The topological polar surface area (TPSA) is 38.0 Å². The average molecular weight is 280 g/mol. The standard InChI is InChI=1S/C15H15F3N2/c1-10-4-2-3-5-13(10)14(20-19)11-6-8-12(9-7-11)15(16,17)18/h2-9,14,20H,19H2,1H3. The second-order valence-electron chi connectivity index (χ2n) is 4.58. The number of rotatable bonds is 3. The summed E-state index contributed by atoms with van der Waals surface area (Å²) in [6, 6.07) is 12.3. The highest BCUT2D eigenvalue weighted by Gasteiger charge is 2.30. The van der Waals surface area contributed by atoms with Gasteiger partial charge in [-0.3, -0.25) is 5.84 Å². The van der Waals surface area contributed by atoms with Gasteiger partial charge in [-0.15, -0.1) is 0 Å². The van der Waals surface area contributed by atoms with E-state index in [1.165, 1.54) is 12.1 Å². The molecule has 0 saturated heterocycles. The van der Waals surface area contributed by atoms with Crippen molar-refractivity contribution in [3.63, 3.8) is 0 Å². The van der Waals surface area contributed by atoms with Gasteiger partial charge in [-0.1, -0.05) is 36.4 Å². The van der Waals surface area contributed by atoms with E-state index in [2.05, 4.69) is 5.43 Å². The summed E-state index contributed by atoms with van der Waals surface area (Å²) in [5.74, 6) is 5.56. The molecule has 0 bridgehead atoms. The molecule has 0 aliphatic carbocycles. The van der Waals surface area contributed by atoms with Crippen LogP contribution in [0.25, 0.3) is 0 Å². The maximum absolute atomic E-state index is 12.5. The Hall–Kier alpha value is -1.85. The van der Waals surface area contributed by atoms with E-state index in [1.54, 1.807) is 0 Å². The molecule has 0 saturated carbocycles. The van der Waals surface area contributed by atoms with Gasteiger partial charge in [0.15, 0.2) is 0 Å². The number of hydrogen-bond acceptors (Lipinski definition) is 2. The minimum atomic E-state index is -4.33. The van der Waals surface area contributed by atoms with Gasteiger partial charge in [0, 0.05) is 0 Å². The fourth-order valence-electron chi connectivity index (χ4n) is 2.14. The zero-order chi connectivity index (χ0) is 14.8. The molecule has 2 rings (SSSR count). The fourth-order valence-corrected chi connectivity index (χ4v) is 2.14. The van der Waals surface area contributed by atoms with Crippen LogP contribution in [0.5, 0.6) is 0 Å². The molecule has 0 spiro atoms. The Morgan fingerprint density at radius 2 is 1.60 bits per heavy atom. The SMILES string of the molecule is Cc1ccccc1C(NN)c1ccc(C(F)(F)F)cc1. The first-order chi connectivity index (χ1) is 9.43. The van der Waals surface area contributed by atoms with Crippen molar-refractivity contribution in [1.29, 1.82) is 0 Å². The second kappa shape index (κ2) is 5.64. The summed E-state index contributed by atoms with van der Waals surface area (Å²) in [4.78, 5) is 0. The Labute approximate surface area is 115 Å². The highest BCUT2D eigenvalue weighted by molar-refractivity contribution is 5.38. The molecule has 20 heavy (non-hydrogen) atoms. The number of hydrogen-bond donors (Lipinski definition) is 2. The van der Waals surface area contributed by atoms with E-state index in [-0.39, 0.29) is 6.04 Å². The first-order valence-corrected chi connectivity index (χ1v) is 6.12. The molecule has 3 N–H and O–H groups in total. The quantitative estimate of drug-likeness (QED) is 0.666. The summed E-state index contributed by atoms with van der Waals surface area (Å²) < 4.78 is 37.6. The zero-order valence-electron chi connectivity index (χ0n) is 10.9. The molecule has 0 amide bonds. The van der Waals surface area contributed by atoms with E-state index in [0.29, 0.717) is 5.56 Å². The van der Waals surface area contributed by atoms with Gasteiger partial charge >= 0.3 is 6.18 Å². The largest absolute Gasteiger partial charge is 0.416 e. The summed E-state index contributed by atoms with van der Waals surface area (Å²) in [6.45, 7) is 1.93. The minimum Gasteiger partial charge on any atom is -0.271 e. The van der Waals surface area contributed by atoms with Gasteiger partial charge < -0.3 is 0 Å². The predicted molar refractivity (Wildman–Crippen MR) is 71.8 cm³/mol. The molecule has 1 atom stereocenters. The third-order valence-corrected chi connectivity index (χ3v) is 3.24. The molecule has 0 aromatic heterocycles. The Balaban J connectivity index is 2.36. The van der Waals surface area contributed by atoms with Crippen molar-refractivity contribution in [1.82, 2.24) is 5.43 Å². The van der Waals surface area contributed by atoms with Crippen LogP contribution in [0.3, 0.4) is 0 Å². The summed E-state index contributed by atoms with van der Waals surface area (Å²) in [5.41, 5.74) is 4.64. The first-order valence-electron chi connectivity index (χ1n) is 6.12. The van der Waals surface area contributed by atoms with E-state index in [1.807, 2.05) is 31.2 Å². The van der Waals surface area contributed by atoms with Crippen LogP contribution in [0.4, 0.5) is 13.2 Å². The lowest BCUT2D eigenvalue weighted by atomic mass is 9.95. The van der Waals surface area contributed by atoms with Crippen molar-refractivity contribution in [2.75, 3.05) is 0 Å². The average Bonchev–Trinajstić information content (AvgIpc) is 2.41. The van der Waals surface area contributed by atoms with Crippen molar-refractivity contribution in [3.8, 4) is 0 Å². The Morgan fingerprint density at radius 1 is 1.00 bits per heavy atom. The van der Waals surface area contributed by atoms with Gasteiger partial charge in [-0.25, -0.2) is 5.43 Å². The number of benzene rings is 2. The maximum Gasteiger partial charge on any atom is 0.416 e. The van der Waals surface area contributed by atoms with Crippen molar-refractivity contribution in [2.45, 2.75) is 19.1 Å². The number of aryl methyl sites for hydroxylation is 1. The highest BCUT2D eigenvalue weighted by Crippen LogP contribution is 2.31. The predicted octanol–water partition coefficient (Wildman–Crippen LogP) is 3.57. The van der Waals surface area contributed by atoms with E-state index in [0.717, 1.165) is 23.3 Å². The molecule has 0 aliphatic rings. The highest BCUT2D eigenvalue weighted by atomic mass is 19.4. The molecular weight excluding hydrogens is 265 g/mol. The molecule has 5 heteroatoms. The fraction of sp³-hybridized carbons (Fsp3) is 0.200. The Bertz CT molecular complexity index is 576. The minimum absolute atomic E-state index is 0.335. The van der Waals surface area contributed by atoms with Crippen molar-refractivity contribution >= 4 is 0 Å². The number of halogens is 3. The lowest BCUT2D eigenvalue weighted by Gasteiger charge is -2.19. The van der Waals surface area contributed by atoms with Crippen LogP contribution in [0.15, 0.2) is 48.5 Å². The third-order valence-electron chi connectivity index (χ3n) is 3.24. The zero-order valence-corrected chi connectivity index (χ0v) is 10.9. The summed E-state index contributed by atoms with van der Waals surface area (Å²) in [7, 11) is 0. The lowest BCUT2D eigenvalue weighted by Crippen LogP contribution is -2.29. The molecule has 2 aromatic carbocycles. The second-order valence-corrected chi connectivity index (χ2v) is 4.58. The van der Waals surface area contributed by atoms with E-state index in [9.17, 15) is 13.2 Å². The molecular formula is C15H15F3N2. The van der Waals surface area contributed by atoms with Crippen LogP contribution in [-0.4, -0.2) is 0 Å². The molecule has 2 nitrogen and oxygen atoms in total. The van der Waals surface area contributed by atoms with Crippen molar-refractivity contribution < 1.29 is 13.2 Å². The number of nitrogens with two attached hydrogens (primary N) is 1. The van der Waals surface area contributed by atoms with Gasteiger partial charge in [0.05, 0.1) is 11.6 Å². The molecule has 0 radical (unpaired) electrons. The normalized spacial score (nSPS) is 13.2.